The molecule has 0 fully saturated rings. The molecular weight excluding hydrogens is 357 g/mol. The van der Waals surface area contributed by atoms with Crippen LogP contribution >= 0.6 is 0 Å². The van der Waals surface area contributed by atoms with Crippen LogP contribution in [0.3, 0.4) is 0 Å². The van der Waals surface area contributed by atoms with E-state index in [4.69, 9.17) is 9.39 Å². The van der Waals surface area contributed by atoms with Gasteiger partial charge in [0.15, 0.2) is 0 Å². The molecule has 28 heavy (non-hydrogen) atoms. The molecule has 0 radical (unpaired) electrons. The Bertz CT molecular complexity index is 867. The summed E-state index contributed by atoms with van der Waals surface area (Å²) >= 11 is 0. The standard InChI is InChI=1S/C18H18BN3O4.C2H6/c1-12(23)3-2-8-25-18-13(10-20)4-7-17(22-18)21-15-5-6-16-14(9-15)11-26-19(16)24;1-2/h4-7,9,24H,2-3,8,11H2,1H3,(H,21,22);1-2H3. The molecule has 2 aromatic rings. The second-order valence-electron chi connectivity index (χ2n) is 6.02. The first-order chi connectivity index (χ1) is 13.6. The van der Waals surface area contributed by atoms with Crippen LogP contribution in [0, 0.1) is 11.3 Å². The number of nitrogens with zero attached hydrogens (tertiary/aromatic N) is 2. The Balaban J connectivity index is 0.00000136. The molecule has 0 atom stereocenters. The summed E-state index contributed by atoms with van der Waals surface area (Å²) < 4.78 is 10.7. The molecule has 2 heterocycles. The van der Waals surface area contributed by atoms with Crippen molar-refractivity contribution in [2.75, 3.05) is 11.9 Å². The number of anilines is 2. The highest BCUT2D eigenvalue weighted by Gasteiger charge is 2.27. The van der Waals surface area contributed by atoms with Crippen molar-refractivity contribution in [1.29, 1.82) is 5.26 Å². The maximum absolute atomic E-state index is 11.0. The fraction of sp³-hybridized carbons (Fsp3) is 0.350. The van der Waals surface area contributed by atoms with Crippen LogP contribution < -0.4 is 15.5 Å². The first kappa shape index (κ1) is 21.4. The van der Waals surface area contributed by atoms with Crippen molar-refractivity contribution in [1.82, 2.24) is 4.98 Å². The summed E-state index contributed by atoms with van der Waals surface area (Å²) in [5.41, 5.74) is 2.81. The zero-order valence-electron chi connectivity index (χ0n) is 16.4. The normalized spacial score (nSPS) is 11.8. The molecular formula is C20H24BN3O4. The van der Waals surface area contributed by atoms with E-state index in [1.165, 1.54) is 6.92 Å². The average Bonchev–Trinajstić information content (AvgIpc) is 3.07. The molecule has 146 valence electrons. The van der Waals surface area contributed by atoms with Crippen molar-refractivity contribution < 1.29 is 19.2 Å². The lowest BCUT2D eigenvalue weighted by atomic mass is 9.79. The zero-order chi connectivity index (χ0) is 20.5. The number of ether oxygens (including phenoxy) is 1. The molecule has 0 saturated carbocycles. The number of pyridine rings is 1. The number of ketones is 1. The summed E-state index contributed by atoms with van der Waals surface area (Å²) in [6.07, 6.45) is 1.01. The third kappa shape index (κ3) is 5.55. The maximum Gasteiger partial charge on any atom is 0.491 e. The summed E-state index contributed by atoms with van der Waals surface area (Å²) in [5.74, 6) is 0.870. The number of nitrogens with one attached hydrogen (secondary N) is 1. The number of fused-ring (bicyclic) bond motifs is 1. The van der Waals surface area contributed by atoms with Crippen LogP contribution in [0.15, 0.2) is 30.3 Å². The van der Waals surface area contributed by atoms with E-state index in [-0.39, 0.29) is 11.7 Å². The van der Waals surface area contributed by atoms with Gasteiger partial charge in [-0.3, -0.25) is 0 Å². The molecule has 0 amide bonds. The Morgan fingerprint density at radius 1 is 1.39 bits per heavy atom. The van der Waals surface area contributed by atoms with Gasteiger partial charge in [0.2, 0.25) is 5.88 Å². The van der Waals surface area contributed by atoms with Crippen LogP contribution in [-0.4, -0.2) is 29.5 Å². The fourth-order valence-electron chi connectivity index (χ4n) is 2.65. The Labute approximate surface area is 165 Å². The molecule has 1 aromatic carbocycles. The fourth-order valence-corrected chi connectivity index (χ4v) is 2.65. The Morgan fingerprint density at radius 3 is 2.89 bits per heavy atom. The molecule has 1 aliphatic rings. The predicted molar refractivity (Wildman–Crippen MR) is 108 cm³/mol. The number of carbonyl (C=O) groups is 1. The van der Waals surface area contributed by atoms with Crippen LogP contribution in [0.4, 0.5) is 11.5 Å². The minimum absolute atomic E-state index is 0.100. The van der Waals surface area contributed by atoms with Crippen LogP contribution in [0.5, 0.6) is 5.88 Å². The second-order valence-corrected chi connectivity index (χ2v) is 6.02. The van der Waals surface area contributed by atoms with Crippen LogP contribution in [0.1, 0.15) is 44.7 Å². The topological polar surface area (TPSA) is 104 Å². The summed E-state index contributed by atoms with van der Waals surface area (Å²) in [5, 5.41) is 22.0. The molecule has 0 bridgehead atoms. The summed E-state index contributed by atoms with van der Waals surface area (Å²) in [6.45, 7) is 6.21. The van der Waals surface area contributed by atoms with Gasteiger partial charge in [0.05, 0.1) is 13.2 Å². The van der Waals surface area contributed by atoms with Crippen LogP contribution in [-0.2, 0) is 16.1 Å². The monoisotopic (exact) mass is 381 g/mol. The first-order valence-electron chi connectivity index (χ1n) is 9.29. The molecule has 1 aliphatic heterocycles. The van der Waals surface area contributed by atoms with Gasteiger partial charge < -0.3 is 24.5 Å². The molecule has 3 rings (SSSR count). The molecule has 0 spiro atoms. The van der Waals surface area contributed by atoms with Crippen molar-refractivity contribution in [3.63, 3.8) is 0 Å². The summed E-state index contributed by atoms with van der Waals surface area (Å²) in [7, 11) is -0.873. The largest absolute Gasteiger partial charge is 0.491 e. The Morgan fingerprint density at radius 2 is 2.18 bits per heavy atom. The van der Waals surface area contributed by atoms with Crippen LogP contribution in [0.2, 0.25) is 0 Å². The molecule has 2 N–H and O–H groups in total. The maximum atomic E-state index is 11.0. The predicted octanol–water partition coefficient (Wildman–Crippen LogP) is 2.69. The second kappa shape index (κ2) is 10.4. The van der Waals surface area contributed by atoms with Gasteiger partial charge in [-0.25, -0.2) is 0 Å². The highest BCUT2D eigenvalue weighted by atomic mass is 16.5. The van der Waals surface area contributed by atoms with Gasteiger partial charge in [-0.2, -0.15) is 10.2 Å². The van der Waals surface area contributed by atoms with Crippen molar-refractivity contribution in [2.45, 2.75) is 40.2 Å². The smallest absolute Gasteiger partial charge is 0.477 e. The number of rotatable bonds is 7. The molecule has 8 heteroatoms. The van der Waals surface area contributed by atoms with E-state index in [1.807, 2.05) is 32.0 Å². The van der Waals surface area contributed by atoms with Crippen molar-refractivity contribution in [3.8, 4) is 11.9 Å². The van der Waals surface area contributed by atoms with E-state index in [1.54, 1.807) is 18.2 Å². The van der Waals surface area contributed by atoms with Gasteiger partial charge in [-0.15, -0.1) is 0 Å². The van der Waals surface area contributed by atoms with Gasteiger partial charge in [0.1, 0.15) is 23.2 Å². The first-order valence-corrected chi connectivity index (χ1v) is 9.29. The third-order valence-electron chi connectivity index (χ3n) is 3.97. The Hall–Kier alpha value is -2.89. The molecule has 0 aliphatic carbocycles. The van der Waals surface area contributed by atoms with Gasteiger partial charge in [0, 0.05) is 12.1 Å². The summed E-state index contributed by atoms with van der Waals surface area (Å²) in [6, 6.07) is 10.9. The van der Waals surface area contributed by atoms with E-state index in [9.17, 15) is 15.1 Å². The number of hydrogen-bond donors (Lipinski definition) is 2. The number of Topliss-reactive ketones (excluding diaryl/α,β-unsaturated/α-hetero) is 1. The minimum Gasteiger partial charge on any atom is -0.477 e. The highest BCUT2D eigenvalue weighted by Crippen LogP contribution is 2.23. The van der Waals surface area contributed by atoms with Gasteiger partial charge in [0.25, 0.3) is 0 Å². The van der Waals surface area contributed by atoms with Gasteiger partial charge >= 0.3 is 7.12 Å². The Kier molecular flexibility index (Phi) is 7.99. The van der Waals surface area contributed by atoms with Crippen molar-refractivity contribution >= 4 is 29.9 Å². The highest BCUT2D eigenvalue weighted by molar-refractivity contribution is 6.61. The van der Waals surface area contributed by atoms with Gasteiger partial charge in [-0.1, -0.05) is 19.9 Å². The third-order valence-corrected chi connectivity index (χ3v) is 3.97. The summed E-state index contributed by atoms with van der Waals surface area (Å²) in [4.78, 5) is 15.3. The number of hydrogen-bond acceptors (Lipinski definition) is 7. The van der Waals surface area contributed by atoms with E-state index in [0.717, 1.165) is 16.7 Å². The van der Waals surface area contributed by atoms with Gasteiger partial charge in [-0.05, 0) is 48.6 Å². The van der Waals surface area contributed by atoms with E-state index < -0.39 is 7.12 Å². The van der Waals surface area contributed by atoms with E-state index in [0.29, 0.717) is 37.4 Å². The van der Waals surface area contributed by atoms with Crippen molar-refractivity contribution in [3.05, 3.63) is 41.5 Å². The minimum atomic E-state index is -0.873. The lowest BCUT2D eigenvalue weighted by molar-refractivity contribution is -0.117. The van der Waals surface area contributed by atoms with Crippen molar-refractivity contribution in [2.24, 2.45) is 0 Å². The number of carbonyl (C=O) groups excluding carboxylic acids is 1. The molecule has 1 aromatic heterocycles. The molecule has 0 saturated heterocycles. The lowest BCUT2D eigenvalue weighted by Gasteiger charge is -2.11. The van der Waals surface area contributed by atoms with Crippen LogP contribution in [0.25, 0.3) is 0 Å². The number of nitriles is 1. The van der Waals surface area contributed by atoms with E-state index in [2.05, 4.69) is 10.3 Å². The SMILES string of the molecule is CC.CC(=O)CCCOc1nc(Nc2ccc3c(c2)COB3O)ccc1C#N. The molecule has 7 nitrogen and oxygen atoms in total. The zero-order valence-corrected chi connectivity index (χ0v) is 16.4. The molecule has 0 unspecified atom stereocenters. The average molecular weight is 381 g/mol. The number of aromatic nitrogens is 1. The lowest BCUT2D eigenvalue weighted by Crippen LogP contribution is -2.27. The number of benzene rings is 1. The quantitative estimate of drug-likeness (QED) is 0.561. The van der Waals surface area contributed by atoms with E-state index >= 15 is 0 Å².